The molecule has 17 heavy (non-hydrogen) atoms. The predicted molar refractivity (Wildman–Crippen MR) is 73.7 cm³/mol. The minimum Gasteiger partial charge on any atom is -0.497 e. The van der Waals surface area contributed by atoms with E-state index in [9.17, 15) is 0 Å². The van der Waals surface area contributed by atoms with Crippen LogP contribution in [-0.2, 0) is 0 Å². The lowest BCUT2D eigenvalue weighted by molar-refractivity contribution is 0.323. The zero-order valence-electron chi connectivity index (χ0n) is 11.3. The first-order chi connectivity index (χ1) is 8.08. The Labute approximate surface area is 105 Å². The monoisotopic (exact) mass is 233 g/mol. The molecule has 0 spiro atoms. The maximum absolute atomic E-state index is 5.27. The molecular formula is C15H23NO. The maximum Gasteiger partial charge on any atom is 0.119 e. The van der Waals surface area contributed by atoms with Crippen LogP contribution in [0.3, 0.4) is 0 Å². The van der Waals surface area contributed by atoms with Crippen molar-refractivity contribution in [2.45, 2.75) is 12.8 Å². The van der Waals surface area contributed by atoms with Crippen molar-refractivity contribution in [2.75, 3.05) is 27.7 Å². The van der Waals surface area contributed by atoms with Crippen LogP contribution in [0.2, 0.25) is 0 Å². The third-order valence-electron chi connectivity index (χ3n) is 3.00. The van der Waals surface area contributed by atoms with E-state index in [0.717, 1.165) is 12.3 Å². The molecule has 94 valence electrons. The summed E-state index contributed by atoms with van der Waals surface area (Å²) >= 11 is 0. The number of methoxy groups -OCH3 is 1. The lowest BCUT2D eigenvalue weighted by atomic mass is 9.87. The molecule has 1 aromatic rings. The van der Waals surface area contributed by atoms with E-state index in [1.165, 1.54) is 5.56 Å². The number of hydrogen-bond acceptors (Lipinski definition) is 2. The van der Waals surface area contributed by atoms with Crippen LogP contribution in [0.4, 0.5) is 0 Å². The van der Waals surface area contributed by atoms with Gasteiger partial charge in [0.15, 0.2) is 0 Å². The highest BCUT2D eigenvalue weighted by Crippen LogP contribution is 2.28. The highest BCUT2D eigenvalue weighted by atomic mass is 16.5. The van der Waals surface area contributed by atoms with Gasteiger partial charge in [-0.05, 0) is 37.7 Å². The van der Waals surface area contributed by atoms with Crippen LogP contribution in [0, 0.1) is 5.92 Å². The van der Waals surface area contributed by atoms with E-state index in [2.05, 4.69) is 44.6 Å². The summed E-state index contributed by atoms with van der Waals surface area (Å²) in [7, 11) is 5.90. The number of hydrogen-bond donors (Lipinski definition) is 0. The van der Waals surface area contributed by atoms with Crippen LogP contribution < -0.4 is 4.74 Å². The fourth-order valence-corrected chi connectivity index (χ4v) is 2.24. The van der Waals surface area contributed by atoms with Gasteiger partial charge in [0, 0.05) is 12.5 Å². The van der Waals surface area contributed by atoms with Gasteiger partial charge in [-0.3, -0.25) is 0 Å². The van der Waals surface area contributed by atoms with Crippen LogP contribution in [0.15, 0.2) is 36.9 Å². The van der Waals surface area contributed by atoms with Gasteiger partial charge >= 0.3 is 0 Å². The van der Waals surface area contributed by atoms with Crippen molar-refractivity contribution in [3.63, 3.8) is 0 Å². The summed E-state index contributed by atoms with van der Waals surface area (Å²) < 4.78 is 5.27. The van der Waals surface area contributed by atoms with Gasteiger partial charge in [0.1, 0.15) is 5.75 Å². The van der Waals surface area contributed by atoms with E-state index in [4.69, 9.17) is 4.74 Å². The second-order valence-corrected chi connectivity index (χ2v) is 4.78. The molecule has 0 radical (unpaired) electrons. The highest BCUT2D eigenvalue weighted by Gasteiger charge is 2.17. The fourth-order valence-electron chi connectivity index (χ4n) is 2.24. The third kappa shape index (κ3) is 3.90. The van der Waals surface area contributed by atoms with Crippen LogP contribution in [0.1, 0.15) is 18.4 Å². The molecule has 0 aliphatic heterocycles. The van der Waals surface area contributed by atoms with Crippen LogP contribution in [-0.4, -0.2) is 32.6 Å². The lowest BCUT2D eigenvalue weighted by Gasteiger charge is -2.24. The van der Waals surface area contributed by atoms with E-state index >= 15 is 0 Å². The number of rotatable bonds is 6. The molecule has 0 saturated carbocycles. The summed E-state index contributed by atoms with van der Waals surface area (Å²) in [6.07, 6.45) is 2.03. The topological polar surface area (TPSA) is 12.5 Å². The summed E-state index contributed by atoms with van der Waals surface area (Å²) in [4.78, 5) is 2.21. The maximum atomic E-state index is 5.27. The number of nitrogens with zero attached hydrogens (tertiary/aromatic N) is 1. The smallest absolute Gasteiger partial charge is 0.119 e. The first kappa shape index (κ1) is 13.8. The number of benzene rings is 1. The molecule has 0 aromatic heterocycles. The Morgan fingerprint density at radius 2 is 2.12 bits per heavy atom. The van der Waals surface area contributed by atoms with E-state index < -0.39 is 0 Å². The standard InChI is InChI=1S/C15H23NO/c1-6-15(12(2)11-16(3)4)13-8-7-9-14(10-13)17-5/h6-10,12,15H,1,11H2,2-5H3/t12-,15+/m1/s1. The molecule has 0 amide bonds. The average Bonchev–Trinajstić information content (AvgIpc) is 2.29. The molecule has 0 N–H and O–H groups in total. The van der Waals surface area contributed by atoms with Gasteiger partial charge in [-0.25, -0.2) is 0 Å². The summed E-state index contributed by atoms with van der Waals surface area (Å²) in [5.41, 5.74) is 1.27. The van der Waals surface area contributed by atoms with Crippen LogP contribution in [0.5, 0.6) is 5.75 Å². The molecule has 0 aliphatic rings. The molecule has 0 aliphatic carbocycles. The van der Waals surface area contributed by atoms with E-state index in [0.29, 0.717) is 11.8 Å². The van der Waals surface area contributed by atoms with Crippen LogP contribution in [0.25, 0.3) is 0 Å². The molecule has 0 heterocycles. The highest BCUT2D eigenvalue weighted by molar-refractivity contribution is 5.33. The van der Waals surface area contributed by atoms with Crippen molar-refractivity contribution in [3.05, 3.63) is 42.5 Å². The zero-order chi connectivity index (χ0) is 12.8. The van der Waals surface area contributed by atoms with Gasteiger partial charge in [-0.1, -0.05) is 25.1 Å². The summed E-state index contributed by atoms with van der Waals surface area (Å²) in [6.45, 7) is 7.27. The van der Waals surface area contributed by atoms with Gasteiger partial charge in [0.05, 0.1) is 7.11 Å². The predicted octanol–water partition coefficient (Wildman–Crippen LogP) is 3.16. The largest absolute Gasteiger partial charge is 0.497 e. The second kappa shape index (κ2) is 6.45. The Kier molecular flexibility index (Phi) is 5.23. The van der Waals surface area contributed by atoms with Gasteiger partial charge in [-0.15, -0.1) is 6.58 Å². The van der Waals surface area contributed by atoms with Crippen molar-refractivity contribution < 1.29 is 4.74 Å². The normalized spacial score (nSPS) is 14.4. The Morgan fingerprint density at radius 3 is 2.65 bits per heavy atom. The first-order valence-electron chi connectivity index (χ1n) is 5.99. The van der Waals surface area contributed by atoms with Crippen LogP contribution >= 0.6 is 0 Å². The van der Waals surface area contributed by atoms with Crippen molar-refractivity contribution in [3.8, 4) is 5.75 Å². The first-order valence-corrected chi connectivity index (χ1v) is 5.99. The fraction of sp³-hybridized carbons (Fsp3) is 0.467. The van der Waals surface area contributed by atoms with Gasteiger partial charge in [-0.2, -0.15) is 0 Å². The summed E-state index contributed by atoms with van der Waals surface area (Å²) in [6, 6.07) is 8.24. The van der Waals surface area contributed by atoms with E-state index in [1.54, 1.807) is 7.11 Å². The molecule has 2 nitrogen and oxygen atoms in total. The molecule has 0 saturated heterocycles. The Balaban J connectivity index is 2.88. The molecular weight excluding hydrogens is 210 g/mol. The quantitative estimate of drug-likeness (QED) is 0.700. The van der Waals surface area contributed by atoms with Crippen molar-refractivity contribution >= 4 is 0 Å². The molecule has 1 rings (SSSR count). The molecule has 0 unspecified atom stereocenters. The van der Waals surface area contributed by atoms with Gasteiger partial charge in [0.25, 0.3) is 0 Å². The summed E-state index contributed by atoms with van der Waals surface area (Å²) in [5.74, 6) is 1.81. The van der Waals surface area contributed by atoms with Crippen molar-refractivity contribution in [1.82, 2.24) is 4.90 Å². The van der Waals surface area contributed by atoms with Crippen molar-refractivity contribution in [1.29, 1.82) is 0 Å². The average molecular weight is 233 g/mol. The zero-order valence-corrected chi connectivity index (χ0v) is 11.3. The lowest BCUT2D eigenvalue weighted by Crippen LogP contribution is -2.23. The second-order valence-electron chi connectivity index (χ2n) is 4.78. The minimum absolute atomic E-state index is 0.368. The SMILES string of the molecule is C=C[C@H](c1cccc(OC)c1)[C@H](C)CN(C)C. The molecule has 2 atom stereocenters. The van der Waals surface area contributed by atoms with Gasteiger partial charge in [0.2, 0.25) is 0 Å². The molecule has 1 aromatic carbocycles. The third-order valence-corrected chi connectivity index (χ3v) is 3.00. The van der Waals surface area contributed by atoms with Gasteiger partial charge < -0.3 is 9.64 Å². The molecule has 2 heteroatoms. The Bertz CT molecular complexity index is 360. The Hall–Kier alpha value is -1.28. The summed E-state index contributed by atoms with van der Waals surface area (Å²) in [5, 5.41) is 0. The molecule has 0 bridgehead atoms. The Morgan fingerprint density at radius 1 is 1.41 bits per heavy atom. The van der Waals surface area contributed by atoms with Crippen molar-refractivity contribution in [2.24, 2.45) is 5.92 Å². The number of allylic oxidation sites excluding steroid dienone is 1. The minimum atomic E-state index is 0.368. The van der Waals surface area contributed by atoms with E-state index in [-0.39, 0.29) is 0 Å². The molecule has 0 fully saturated rings. The van der Waals surface area contributed by atoms with E-state index in [1.807, 2.05) is 18.2 Å². The number of ether oxygens (including phenoxy) is 1.